The molecule has 0 N–H and O–H groups in total. The zero-order valence-corrected chi connectivity index (χ0v) is 12.3. The van der Waals surface area contributed by atoms with Crippen molar-refractivity contribution in [3.63, 3.8) is 0 Å². The first-order chi connectivity index (χ1) is 9.41. The van der Waals surface area contributed by atoms with Gasteiger partial charge in [0, 0.05) is 6.20 Å². The van der Waals surface area contributed by atoms with E-state index in [-0.39, 0.29) is 5.41 Å². The summed E-state index contributed by atoms with van der Waals surface area (Å²) in [7, 11) is 0. The Labute approximate surface area is 119 Å². The molecule has 0 saturated heterocycles. The van der Waals surface area contributed by atoms with Crippen LogP contribution in [0.2, 0.25) is 0 Å². The Bertz CT molecular complexity index is 646. The van der Waals surface area contributed by atoms with E-state index < -0.39 is 0 Å². The van der Waals surface area contributed by atoms with Crippen molar-refractivity contribution in [2.45, 2.75) is 33.1 Å². The van der Waals surface area contributed by atoms with Gasteiger partial charge in [-0.25, -0.2) is 4.98 Å². The van der Waals surface area contributed by atoms with Crippen LogP contribution < -0.4 is 4.74 Å². The molecule has 3 nitrogen and oxygen atoms in total. The predicted molar refractivity (Wildman–Crippen MR) is 78.9 cm³/mol. The second-order valence-corrected chi connectivity index (χ2v) is 5.80. The van der Waals surface area contributed by atoms with E-state index >= 15 is 0 Å². The fourth-order valence-electron chi connectivity index (χ4n) is 1.88. The molecule has 0 atom stereocenters. The summed E-state index contributed by atoms with van der Waals surface area (Å²) in [6, 6.07) is 11.8. The number of benzene rings is 1. The van der Waals surface area contributed by atoms with Gasteiger partial charge in [-0.1, -0.05) is 32.9 Å². The smallest absolute Gasteiger partial charge is 0.237 e. The summed E-state index contributed by atoms with van der Waals surface area (Å²) in [6.45, 7) is 8.37. The quantitative estimate of drug-likeness (QED) is 0.811. The van der Waals surface area contributed by atoms with Gasteiger partial charge in [-0.3, -0.25) is 0 Å². The molecule has 0 aliphatic rings. The second kappa shape index (κ2) is 5.34. The maximum Gasteiger partial charge on any atom is 0.237 e. The Morgan fingerprint density at radius 1 is 1.10 bits per heavy atom. The fraction of sp³-hybridized carbons (Fsp3) is 0.294. The molecule has 1 aromatic heterocycles. The summed E-state index contributed by atoms with van der Waals surface area (Å²) in [6.07, 6.45) is 1.65. The maximum absolute atomic E-state index is 9.16. The lowest BCUT2D eigenvalue weighted by Crippen LogP contribution is -2.10. The molecule has 0 aliphatic heterocycles. The van der Waals surface area contributed by atoms with Crippen LogP contribution in [0, 0.1) is 18.3 Å². The molecule has 0 aliphatic carbocycles. The van der Waals surface area contributed by atoms with Gasteiger partial charge in [0.05, 0.1) is 0 Å². The van der Waals surface area contributed by atoms with E-state index in [1.54, 1.807) is 12.3 Å². The first kappa shape index (κ1) is 14.1. The zero-order chi connectivity index (χ0) is 14.8. The lowest BCUT2D eigenvalue weighted by molar-refractivity contribution is 0.460. The topological polar surface area (TPSA) is 45.9 Å². The molecule has 0 unspecified atom stereocenters. The number of aryl methyl sites for hydroxylation is 1. The molecule has 0 saturated carbocycles. The zero-order valence-electron chi connectivity index (χ0n) is 12.3. The van der Waals surface area contributed by atoms with Crippen LogP contribution in [-0.2, 0) is 5.41 Å². The first-order valence-corrected chi connectivity index (χ1v) is 6.56. The molecule has 1 heterocycles. The number of aromatic nitrogens is 1. The SMILES string of the molecule is Cc1ccnc(Oc2ccc(C(C)(C)C)cc2)c1C#N. The molecule has 0 amide bonds. The van der Waals surface area contributed by atoms with Crippen molar-refractivity contribution >= 4 is 0 Å². The molecule has 2 aromatic rings. The number of nitriles is 1. The van der Waals surface area contributed by atoms with Crippen molar-refractivity contribution < 1.29 is 4.74 Å². The van der Waals surface area contributed by atoms with Gasteiger partial charge >= 0.3 is 0 Å². The molecule has 20 heavy (non-hydrogen) atoms. The van der Waals surface area contributed by atoms with E-state index in [1.165, 1.54) is 5.56 Å². The molecule has 2 rings (SSSR count). The average molecular weight is 266 g/mol. The van der Waals surface area contributed by atoms with Crippen LogP contribution >= 0.6 is 0 Å². The minimum atomic E-state index is 0.109. The molecule has 0 spiro atoms. The number of hydrogen-bond acceptors (Lipinski definition) is 3. The Balaban J connectivity index is 2.28. The molecule has 102 valence electrons. The summed E-state index contributed by atoms with van der Waals surface area (Å²) in [4.78, 5) is 4.13. The van der Waals surface area contributed by atoms with Crippen molar-refractivity contribution in [3.05, 3.63) is 53.2 Å². The molecular formula is C17H18N2O. The van der Waals surface area contributed by atoms with Gasteiger partial charge < -0.3 is 4.74 Å². The van der Waals surface area contributed by atoms with Gasteiger partial charge in [0.1, 0.15) is 17.4 Å². The lowest BCUT2D eigenvalue weighted by Gasteiger charge is -2.19. The number of rotatable bonds is 2. The standard InChI is InChI=1S/C17H18N2O/c1-12-9-10-19-16(15(12)11-18)20-14-7-5-13(6-8-14)17(2,3)4/h5-10H,1-4H3. The van der Waals surface area contributed by atoms with Crippen LogP contribution in [0.4, 0.5) is 0 Å². The summed E-state index contributed by atoms with van der Waals surface area (Å²) >= 11 is 0. The van der Waals surface area contributed by atoms with E-state index in [9.17, 15) is 0 Å². The Hall–Kier alpha value is -2.34. The van der Waals surface area contributed by atoms with Crippen molar-refractivity contribution in [1.82, 2.24) is 4.98 Å². The lowest BCUT2D eigenvalue weighted by atomic mass is 9.87. The molecule has 0 radical (unpaired) electrons. The Morgan fingerprint density at radius 2 is 1.75 bits per heavy atom. The number of pyridine rings is 1. The highest BCUT2D eigenvalue weighted by molar-refractivity contribution is 5.45. The van der Waals surface area contributed by atoms with Crippen molar-refractivity contribution in [2.75, 3.05) is 0 Å². The molecule has 1 aromatic carbocycles. The van der Waals surface area contributed by atoms with E-state index in [2.05, 4.69) is 31.8 Å². The number of nitrogens with zero attached hydrogens (tertiary/aromatic N) is 2. The van der Waals surface area contributed by atoms with Gasteiger partial charge in [-0.15, -0.1) is 0 Å². The highest BCUT2D eigenvalue weighted by Crippen LogP contribution is 2.28. The van der Waals surface area contributed by atoms with E-state index in [4.69, 9.17) is 10.00 Å². The largest absolute Gasteiger partial charge is 0.438 e. The van der Waals surface area contributed by atoms with E-state index in [1.807, 2.05) is 31.2 Å². The number of ether oxygens (including phenoxy) is 1. The van der Waals surface area contributed by atoms with E-state index in [0.29, 0.717) is 17.2 Å². The van der Waals surface area contributed by atoms with Crippen LogP contribution in [0.15, 0.2) is 36.5 Å². The molecule has 0 bridgehead atoms. The van der Waals surface area contributed by atoms with Crippen molar-refractivity contribution in [1.29, 1.82) is 5.26 Å². The highest BCUT2D eigenvalue weighted by atomic mass is 16.5. The summed E-state index contributed by atoms with van der Waals surface area (Å²) in [5.74, 6) is 1.05. The minimum absolute atomic E-state index is 0.109. The minimum Gasteiger partial charge on any atom is -0.438 e. The van der Waals surface area contributed by atoms with Crippen LogP contribution in [0.3, 0.4) is 0 Å². The van der Waals surface area contributed by atoms with Gasteiger partial charge in [0.15, 0.2) is 0 Å². The van der Waals surface area contributed by atoms with Crippen molar-refractivity contribution in [2.24, 2.45) is 0 Å². The third-order valence-electron chi connectivity index (χ3n) is 3.17. The van der Waals surface area contributed by atoms with E-state index in [0.717, 1.165) is 5.56 Å². The number of hydrogen-bond donors (Lipinski definition) is 0. The van der Waals surface area contributed by atoms with Crippen LogP contribution in [-0.4, -0.2) is 4.98 Å². The predicted octanol–water partition coefficient (Wildman–Crippen LogP) is 4.35. The Kier molecular flexibility index (Phi) is 3.76. The molecule has 3 heteroatoms. The third kappa shape index (κ3) is 2.97. The van der Waals surface area contributed by atoms with Crippen LogP contribution in [0.25, 0.3) is 0 Å². The third-order valence-corrected chi connectivity index (χ3v) is 3.17. The monoisotopic (exact) mass is 266 g/mol. The maximum atomic E-state index is 9.16. The van der Waals surface area contributed by atoms with Crippen LogP contribution in [0.5, 0.6) is 11.6 Å². The van der Waals surface area contributed by atoms with Gasteiger partial charge in [0.25, 0.3) is 0 Å². The van der Waals surface area contributed by atoms with Crippen molar-refractivity contribution in [3.8, 4) is 17.7 Å². The summed E-state index contributed by atoms with van der Waals surface area (Å²) in [5.41, 5.74) is 2.69. The normalized spacial score (nSPS) is 10.9. The average Bonchev–Trinajstić information content (AvgIpc) is 2.38. The summed E-state index contributed by atoms with van der Waals surface area (Å²) in [5, 5.41) is 9.16. The van der Waals surface area contributed by atoms with Gasteiger partial charge in [-0.2, -0.15) is 5.26 Å². The Morgan fingerprint density at radius 3 is 2.30 bits per heavy atom. The molecular weight excluding hydrogens is 248 g/mol. The molecule has 0 fully saturated rings. The second-order valence-electron chi connectivity index (χ2n) is 5.80. The summed E-state index contributed by atoms with van der Waals surface area (Å²) < 4.78 is 5.72. The fourth-order valence-corrected chi connectivity index (χ4v) is 1.88. The highest BCUT2D eigenvalue weighted by Gasteiger charge is 2.14. The van der Waals surface area contributed by atoms with Crippen LogP contribution in [0.1, 0.15) is 37.5 Å². The van der Waals surface area contributed by atoms with Gasteiger partial charge in [-0.05, 0) is 41.7 Å². The van der Waals surface area contributed by atoms with Gasteiger partial charge in [0.2, 0.25) is 5.88 Å². The first-order valence-electron chi connectivity index (χ1n) is 6.56.